The molecule has 11 heteroatoms. The van der Waals surface area contributed by atoms with Gasteiger partial charge in [0.2, 0.25) is 10.0 Å². The minimum Gasteiger partial charge on any atom is -0.497 e. The van der Waals surface area contributed by atoms with Gasteiger partial charge >= 0.3 is 6.09 Å². The molecule has 1 unspecified atom stereocenters. The number of halogens is 1. The van der Waals surface area contributed by atoms with Crippen LogP contribution in [0.4, 0.5) is 4.79 Å². The molecule has 9 nitrogen and oxygen atoms in total. The van der Waals surface area contributed by atoms with Gasteiger partial charge in [0.15, 0.2) is 0 Å². The van der Waals surface area contributed by atoms with E-state index in [4.69, 9.17) is 25.8 Å². The lowest BCUT2D eigenvalue weighted by molar-refractivity contribution is 0.0730. The zero-order chi connectivity index (χ0) is 27.9. The average Bonchev–Trinajstić information content (AvgIpc) is 3.35. The third-order valence-electron chi connectivity index (χ3n) is 7.39. The number of hydrogen-bond donors (Lipinski definition) is 1. The van der Waals surface area contributed by atoms with Crippen LogP contribution in [0.1, 0.15) is 22.9 Å². The zero-order valence-electron chi connectivity index (χ0n) is 21.8. The van der Waals surface area contributed by atoms with Crippen LogP contribution in [0.2, 0.25) is 5.02 Å². The van der Waals surface area contributed by atoms with Gasteiger partial charge in [-0.1, -0.05) is 23.7 Å². The molecular weight excluding hydrogens is 554 g/mol. The number of rotatable bonds is 5. The molecular formula is C29H28ClN3O6S. The lowest BCUT2D eigenvalue weighted by Crippen LogP contribution is -2.42. The number of nitrogens with one attached hydrogen (secondary N) is 1. The number of carbonyl (C=O) groups is 1. The van der Waals surface area contributed by atoms with Crippen LogP contribution < -0.4 is 9.47 Å². The van der Waals surface area contributed by atoms with Crippen molar-refractivity contribution in [3.63, 3.8) is 0 Å². The van der Waals surface area contributed by atoms with Crippen molar-refractivity contribution in [3.8, 4) is 11.5 Å². The Kier molecular flexibility index (Phi) is 7.18. The second-order valence-electron chi connectivity index (χ2n) is 9.68. The van der Waals surface area contributed by atoms with Crippen LogP contribution in [0.5, 0.6) is 11.5 Å². The number of amides is 1. The maximum Gasteiger partial charge on any atom is 0.416 e. The summed E-state index contributed by atoms with van der Waals surface area (Å²) in [6.45, 7) is 1.78. The molecule has 0 radical (unpaired) electrons. The Labute approximate surface area is 237 Å². The van der Waals surface area contributed by atoms with Gasteiger partial charge in [0.05, 0.1) is 25.2 Å². The van der Waals surface area contributed by atoms with E-state index in [2.05, 4.69) is 4.98 Å². The molecule has 6 rings (SSSR count). The molecule has 1 fully saturated rings. The highest BCUT2D eigenvalue weighted by molar-refractivity contribution is 7.89. The second kappa shape index (κ2) is 10.8. The van der Waals surface area contributed by atoms with E-state index in [-0.39, 0.29) is 4.90 Å². The smallest absolute Gasteiger partial charge is 0.416 e. The fourth-order valence-corrected chi connectivity index (χ4v) is 6.95. The van der Waals surface area contributed by atoms with E-state index in [9.17, 15) is 13.2 Å². The first kappa shape index (κ1) is 26.6. The Bertz CT molecular complexity index is 1650. The predicted molar refractivity (Wildman–Crippen MR) is 151 cm³/mol. The molecule has 2 aliphatic heterocycles. The molecule has 0 saturated carbocycles. The number of carbonyl (C=O) groups excluding carboxylic acids is 1. The Hall–Kier alpha value is -3.57. The number of aromatic nitrogens is 1. The minimum atomic E-state index is -3.66. The maximum absolute atomic E-state index is 13.5. The van der Waals surface area contributed by atoms with Crippen LogP contribution in [-0.4, -0.2) is 68.7 Å². The van der Waals surface area contributed by atoms with Gasteiger partial charge in [-0.25, -0.2) is 13.2 Å². The van der Waals surface area contributed by atoms with Crippen molar-refractivity contribution < 1.29 is 27.4 Å². The number of methoxy groups -OCH3 is 1. The highest BCUT2D eigenvalue weighted by Gasteiger charge is 2.36. The molecule has 40 heavy (non-hydrogen) atoms. The summed E-state index contributed by atoms with van der Waals surface area (Å²) in [4.78, 5) is 18.9. The van der Waals surface area contributed by atoms with Gasteiger partial charge < -0.3 is 19.2 Å². The van der Waals surface area contributed by atoms with Crippen molar-refractivity contribution in [2.75, 3.05) is 40.0 Å². The number of morpholine rings is 1. The Morgan fingerprint density at radius 2 is 1.68 bits per heavy atom. The Balaban J connectivity index is 1.37. The zero-order valence-corrected chi connectivity index (χ0v) is 23.4. The van der Waals surface area contributed by atoms with E-state index >= 15 is 0 Å². The molecule has 0 bridgehead atoms. The number of aromatic amines is 1. The first-order valence-electron chi connectivity index (χ1n) is 13.0. The van der Waals surface area contributed by atoms with E-state index in [1.54, 1.807) is 60.5 Å². The lowest BCUT2D eigenvalue weighted by Gasteiger charge is -2.35. The SMILES string of the molecule is COc1ccc(OC(=O)N2CCc3c([nH]c4ccc(Cl)cc34)C2c2ccc(S(=O)(=O)N3CCOCC3)cc2)cc1. The summed E-state index contributed by atoms with van der Waals surface area (Å²) in [7, 11) is -2.08. The summed E-state index contributed by atoms with van der Waals surface area (Å²) >= 11 is 6.31. The molecule has 3 aromatic carbocycles. The first-order valence-corrected chi connectivity index (χ1v) is 14.8. The normalized spacial score (nSPS) is 17.9. The van der Waals surface area contributed by atoms with E-state index in [0.717, 1.165) is 27.7 Å². The molecule has 0 spiro atoms. The molecule has 4 aromatic rings. The van der Waals surface area contributed by atoms with Crippen molar-refractivity contribution >= 4 is 38.6 Å². The molecule has 1 atom stereocenters. The fourth-order valence-electron chi connectivity index (χ4n) is 5.37. The van der Waals surface area contributed by atoms with Gasteiger partial charge in [-0.15, -0.1) is 0 Å². The number of benzene rings is 3. The van der Waals surface area contributed by atoms with E-state index in [1.807, 2.05) is 18.2 Å². The molecule has 1 aromatic heterocycles. The predicted octanol–water partition coefficient (Wildman–Crippen LogP) is 5.00. The Morgan fingerprint density at radius 3 is 2.38 bits per heavy atom. The largest absolute Gasteiger partial charge is 0.497 e. The van der Waals surface area contributed by atoms with E-state index < -0.39 is 22.2 Å². The highest BCUT2D eigenvalue weighted by atomic mass is 35.5. The quantitative estimate of drug-likeness (QED) is 0.356. The van der Waals surface area contributed by atoms with Gasteiger partial charge in [0, 0.05) is 41.3 Å². The Morgan fingerprint density at radius 1 is 0.975 bits per heavy atom. The summed E-state index contributed by atoms with van der Waals surface area (Å²) < 4.78 is 44.1. The maximum atomic E-state index is 13.5. The van der Waals surface area contributed by atoms with E-state index in [1.165, 1.54) is 4.31 Å². The number of hydrogen-bond acceptors (Lipinski definition) is 6. The third-order valence-corrected chi connectivity index (χ3v) is 9.54. The molecule has 3 heterocycles. The number of fused-ring (bicyclic) bond motifs is 3. The molecule has 1 N–H and O–H groups in total. The van der Waals surface area contributed by atoms with Crippen molar-refractivity contribution in [2.45, 2.75) is 17.4 Å². The number of nitrogens with zero attached hydrogens (tertiary/aromatic N) is 2. The van der Waals surface area contributed by atoms with Crippen molar-refractivity contribution in [1.29, 1.82) is 0 Å². The molecule has 208 valence electrons. The first-order chi connectivity index (χ1) is 19.3. The van der Waals surface area contributed by atoms with Crippen LogP contribution in [0.3, 0.4) is 0 Å². The van der Waals surface area contributed by atoms with Crippen molar-refractivity contribution in [1.82, 2.24) is 14.2 Å². The summed E-state index contributed by atoms with van der Waals surface area (Å²) in [6, 6.07) is 18.7. The van der Waals surface area contributed by atoms with Gasteiger partial charge in [-0.05, 0) is 72.1 Å². The average molecular weight is 582 g/mol. The van der Waals surface area contributed by atoms with Gasteiger partial charge in [0.25, 0.3) is 0 Å². The standard InChI is InChI=1S/C29H28ClN3O6S/c1-37-21-5-7-22(8-6-21)39-29(34)33-13-12-24-25-18-20(30)4-11-26(25)31-27(24)28(33)19-2-9-23(10-3-19)40(35,36)32-14-16-38-17-15-32/h2-11,18,28,31H,12-17H2,1H3. The summed E-state index contributed by atoms with van der Waals surface area (Å²) in [5.74, 6) is 1.05. The molecule has 1 saturated heterocycles. The number of H-pyrrole nitrogens is 1. The lowest BCUT2D eigenvalue weighted by atomic mass is 9.93. The fraction of sp³-hybridized carbons (Fsp3) is 0.276. The van der Waals surface area contributed by atoms with Crippen LogP contribution in [0.15, 0.2) is 71.6 Å². The van der Waals surface area contributed by atoms with Crippen LogP contribution in [0, 0.1) is 0 Å². The monoisotopic (exact) mass is 581 g/mol. The van der Waals surface area contributed by atoms with Gasteiger partial charge in [-0.3, -0.25) is 4.90 Å². The summed E-state index contributed by atoms with van der Waals surface area (Å²) in [6.07, 6.45) is 0.0930. The van der Waals surface area contributed by atoms with Crippen molar-refractivity contribution in [3.05, 3.63) is 88.6 Å². The number of sulfonamides is 1. The second-order valence-corrected chi connectivity index (χ2v) is 12.1. The van der Waals surface area contributed by atoms with Crippen LogP contribution >= 0.6 is 11.6 Å². The number of ether oxygens (including phenoxy) is 3. The van der Waals surface area contributed by atoms with E-state index in [0.29, 0.717) is 55.8 Å². The van der Waals surface area contributed by atoms with Gasteiger partial charge in [-0.2, -0.15) is 4.31 Å². The molecule has 1 amide bonds. The van der Waals surface area contributed by atoms with Crippen molar-refractivity contribution in [2.24, 2.45) is 0 Å². The molecule has 2 aliphatic rings. The van der Waals surface area contributed by atoms with Crippen LogP contribution in [-0.2, 0) is 21.2 Å². The minimum absolute atomic E-state index is 0.199. The highest BCUT2D eigenvalue weighted by Crippen LogP contribution is 2.40. The third kappa shape index (κ3) is 4.92. The summed E-state index contributed by atoms with van der Waals surface area (Å²) in [5, 5.41) is 1.63. The molecule has 0 aliphatic carbocycles. The van der Waals surface area contributed by atoms with Crippen LogP contribution in [0.25, 0.3) is 10.9 Å². The summed E-state index contributed by atoms with van der Waals surface area (Å²) in [5.41, 5.74) is 3.59. The van der Waals surface area contributed by atoms with Gasteiger partial charge in [0.1, 0.15) is 17.5 Å². The topological polar surface area (TPSA) is 101 Å².